The number of hydrogen-bond acceptors (Lipinski definition) is 6. The maximum absolute atomic E-state index is 12.0. The number of allylic oxidation sites excluding steroid dienone is 2. The molecule has 0 saturated carbocycles. The maximum Gasteiger partial charge on any atom is 0.338 e. The average molecular weight is 299 g/mol. The minimum atomic E-state index is -1.04. The summed E-state index contributed by atoms with van der Waals surface area (Å²) in [6, 6.07) is 5.05. The molecule has 0 amide bonds. The molecule has 112 valence electrons. The highest BCUT2D eigenvalue weighted by Crippen LogP contribution is 2.26. The Labute approximate surface area is 126 Å². The molecule has 0 saturated heterocycles. The van der Waals surface area contributed by atoms with Gasteiger partial charge in [-0.25, -0.2) is 4.79 Å². The van der Waals surface area contributed by atoms with Crippen molar-refractivity contribution in [2.24, 2.45) is 10.9 Å². The van der Waals surface area contributed by atoms with Gasteiger partial charge in [-0.3, -0.25) is 14.6 Å². The molecule has 0 aliphatic carbocycles. The summed E-state index contributed by atoms with van der Waals surface area (Å²) in [6.07, 6.45) is 1.28. The summed E-state index contributed by atoms with van der Waals surface area (Å²) in [6.45, 7) is 3.39. The van der Waals surface area contributed by atoms with Crippen molar-refractivity contribution in [2.45, 2.75) is 20.5 Å². The first-order valence-electron chi connectivity index (χ1n) is 6.75. The molecule has 0 fully saturated rings. The van der Waals surface area contributed by atoms with Crippen molar-refractivity contribution in [3.05, 3.63) is 41.2 Å². The molecule has 0 spiro atoms. The molecule has 6 nitrogen and oxygen atoms in total. The Kier molecular flexibility index (Phi) is 3.36. The average Bonchev–Trinajstić information content (AvgIpc) is 2.79. The van der Waals surface area contributed by atoms with Gasteiger partial charge >= 0.3 is 11.9 Å². The van der Waals surface area contributed by atoms with Gasteiger partial charge in [-0.1, -0.05) is 6.07 Å². The topological polar surface area (TPSA) is 82.0 Å². The lowest BCUT2D eigenvalue weighted by molar-refractivity contribution is -0.146. The Hall–Kier alpha value is -2.76. The SMILES string of the molecule is CC1=CC(=O)C(C(C)=Nc2ccc3c(c2)C(=O)OC3)C(=O)O1. The summed E-state index contributed by atoms with van der Waals surface area (Å²) < 4.78 is 9.89. The Morgan fingerprint density at radius 1 is 1.27 bits per heavy atom. The van der Waals surface area contributed by atoms with Crippen LogP contribution in [-0.2, 0) is 25.7 Å². The smallest absolute Gasteiger partial charge is 0.338 e. The number of ether oxygens (including phenoxy) is 2. The normalized spacial score (nSPS) is 21.2. The molecule has 22 heavy (non-hydrogen) atoms. The lowest BCUT2D eigenvalue weighted by Gasteiger charge is -2.18. The van der Waals surface area contributed by atoms with Crippen LogP contribution < -0.4 is 0 Å². The number of carbonyl (C=O) groups is 3. The van der Waals surface area contributed by atoms with E-state index in [0.717, 1.165) is 5.56 Å². The second-order valence-corrected chi connectivity index (χ2v) is 5.18. The monoisotopic (exact) mass is 299 g/mol. The van der Waals surface area contributed by atoms with Crippen molar-refractivity contribution in [2.75, 3.05) is 0 Å². The van der Waals surface area contributed by atoms with Gasteiger partial charge in [0.05, 0.1) is 11.3 Å². The van der Waals surface area contributed by atoms with Crippen molar-refractivity contribution in [1.82, 2.24) is 0 Å². The number of benzene rings is 1. The van der Waals surface area contributed by atoms with Crippen molar-refractivity contribution in [1.29, 1.82) is 0 Å². The molecule has 1 atom stereocenters. The third-order valence-corrected chi connectivity index (χ3v) is 3.52. The van der Waals surface area contributed by atoms with Crippen LogP contribution in [0.4, 0.5) is 5.69 Å². The van der Waals surface area contributed by atoms with E-state index in [2.05, 4.69) is 4.99 Å². The highest BCUT2D eigenvalue weighted by molar-refractivity contribution is 6.23. The minimum Gasteiger partial charge on any atom is -0.457 e. The summed E-state index contributed by atoms with van der Waals surface area (Å²) in [5, 5.41) is 0. The van der Waals surface area contributed by atoms with Gasteiger partial charge in [0.1, 0.15) is 12.4 Å². The van der Waals surface area contributed by atoms with Crippen LogP contribution in [0.3, 0.4) is 0 Å². The third-order valence-electron chi connectivity index (χ3n) is 3.52. The van der Waals surface area contributed by atoms with E-state index in [1.807, 2.05) is 0 Å². The Bertz CT molecular complexity index is 760. The van der Waals surface area contributed by atoms with Gasteiger partial charge in [0.2, 0.25) is 0 Å². The van der Waals surface area contributed by atoms with Gasteiger partial charge in [0.15, 0.2) is 11.7 Å². The molecule has 6 heteroatoms. The van der Waals surface area contributed by atoms with Gasteiger partial charge < -0.3 is 9.47 Å². The van der Waals surface area contributed by atoms with Crippen molar-refractivity contribution >= 4 is 29.1 Å². The molecule has 3 rings (SSSR count). The molecule has 2 aliphatic rings. The maximum atomic E-state index is 12.0. The molecule has 0 bridgehead atoms. The van der Waals surface area contributed by atoms with Crippen molar-refractivity contribution < 1.29 is 23.9 Å². The lowest BCUT2D eigenvalue weighted by Crippen LogP contribution is -2.34. The number of rotatable bonds is 2. The van der Waals surface area contributed by atoms with Gasteiger partial charge in [-0.15, -0.1) is 0 Å². The van der Waals surface area contributed by atoms with E-state index < -0.39 is 17.9 Å². The molecule has 2 heterocycles. The largest absolute Gasteiger partial charge is 0.457 e. The minimum absolute atomic E-state index is 0.259. The number of aliphatic imine (C=N–C) groups is 1. The zero-order valence-electron chi connectivity index (χ0n) is 12.1. The summed E-state index contributed by atoms with van der Waals surface area (Å²) in [5.74, 6) is -2.14. The first kappa shape index (κ1) is 14.2. The van der Waals surface area contributed by atoms with Gasteiger partial charge in [0.25, 0.3) is 0 Å². The molecule has 1 aromatic rings. The predicted octanol–water partition coefficient (Wildman–Crippen LogP) is 2.10. The zero-order valence-corrected chi connectivity index (χ0v) is 12.1. The van der Waals surface area contributed by atoms with Crippen LogP contribution in [0.1, 0.15) is 29.8 Å². The standard InChI is InChI=1S/C16H13NO5/c1-8-5-13(18)14(16(20)22-8)9(2)17-11-4-3-10-7-21-15(19)12(10)6-11/h3-6,14H,7H2,1-2H3. The third kappa shape index (κ3) is 2.43. The number of nitrogens with zero attached hydrogens (tertiary/aromatic N) is 1. The first-order valence-corrected chi connectivity index (χ1v) is 6.75. The predicted molar refractivity (Wildman–Crippen MR) is 76.7 cm³/mol. The molecule has 1 unspecified atom stereocenters. The number of carbonyl (C=O) groups excluding carboxylic acids is 3. The fourth-order valence-corrected chi connectivity index (χ4v) is 2.46. The van der Waals surface area contributed by atoms with Gasteiger partial charge in [-0.05, 0) is 26.0 Å². The Morgan fingerprint density at radius 3 is 2.77 bits per heavy atom. The Balaban J connectivity index is 1.92. The van der Waals surface area contributed by atoms with Gasteiger partial charge in [-0.2, -0.15) is 0 Å². The summed E-state index contributed by atoms with van der Waals surface area (Å²) in [4.78, 5) is 39.6. The number of esters is 2. The molecular weight excluding hydrogens is 286 g/mol. The second-order valence-electron chi connectivity index (χ2n) is 5.18. The molecule has 1 aromatic carbocycles. The van der Waals surface area contributed by atoms with Crippen molar-refractivity contribution in [3.63, 3.8) is 0 Å². The molecule has 0 N–H and O–H groups in total. The fraction of sp³-hybridized carbons (Fsp3) is 0.250. The van der Waals surface area contributed by atoms with E-state index in [0.29, 0.717) is 17.0 Å². The lowest BCUT2D eigenvalue weighted by atomic mass is 9.96. The highest BCUT2D eigenvalue weighted by Gasteiger charge is 2.34. The van der Waals surface area contributed by atoms with Crippen LogP contribution in [0.2, 0.25) is 0 Å². The van der Waals surface area contributed by atoms with Crippen LogP contribution >= 0.6 is 0 Å². The van der Waals surface area contributed by atoms with Crippen LogP contribution in [0.5, 0.6) is 0 Å². The highest BCUT2D eigenvalue weighted by atomic mass is 16.5. The van der Waals surface area contributed by atoms with E-state index in [-0.39, 0.29) is 18.1 Å². The van der Waals surface area contributed by atoms with Crippen LogP contribution in [0, 0.1) is 5.92 Å². The zero-order chi connectivity index (χ0) is 15.9. The van der Waals surface area contributed by atoms with Gasteiger partial charge in [0, 0.05) is 17.4 Å². The summed E-state index contributed by atoms with van der Waals surface area (Å²) in [5.41, 5.74) is 2.07. The van der Waals surface area contributed by atoms with E-state index in [4.69, 9.17) is 9.47 Å². The number of ketones is 1. The quantitative estimate of drug-likeness (QED) is 0.474. The van der Waals surface area contributed by atoms with Crippen LogP contribution in [0.15, 0.2) is 35.0 Å². The second kappa shape index (κ2) is 5.22. The molecule has 2 aliphatic heterocycles. The van der Waals surface area contributed by atoms with Crippen LogP contribution in [0.25, 0.3) is 0 Å². The number of cyclic esters (lactones) is 2. The summed E-state index contributed by atoms with van der Waals surface area (Å²) in [7, 11) is 0. The van der Waals surface area contributed by atoms with E-state index in [9.17, 15) is 14.4 Å². The first-order chi connectivity index (χ1) is 10.5. The van der Waals surface area contributed by atoms with E-state index >= 15 is 0 Å². The van der Waals surface area contributed by atoms with E-state index in [1.54, 1.807) is 32.0 Å². The van der Waals surface area contributed by atoms with E-state index in [1.165, 1.54) is 6.08 Å². The Morgan fingerprint density at radius 2 is 2.05 bits per heavy atom. The molecule has 0 radical (unpaired) electrons. The molecular formula is C16H13NO5. The number of fused-ring (bicyclic) bond motifs is 1. The fourth-order valence-electron chi connectivity index (χ4n) is 2.46. The van der Waals surface area contributed by atoms with Crippen molar-refractivity contribution in [3.8, 4) is 0 Å². The molecule has 0 aromatic heterocycles. The summed E-state index contributed by atoms with van der Waals surface area (Å²) >= 11 is 0. The van der Waals surface area contributed by atoms with Crippen LogP contribution in [-0.4, -0.2) is 23.4 Å². The number of hydrogen-bond donors (Lipinski definition) is 0.